The molecule has 0 unspecified atom stereocenters. The second-order valence-corrected chi connectivity index (χ2v) is 4.13. The minimum absolute atomic E-state index is 0.0907. The molecule has 0 fully saturated rings. The number of aliphatic hydroxyl groups is 1. The first-order chi connectivity index (χ1) is 7.04. The van der Waals surface area contributed by atoms with Gasteiger partial charge >= 0.3 is 0 Å². The van der Waals surface area contributed by atoms with Gasteiger partial charge in [-0.3, -0.25) is 4.79 Å². The molecule has 1 aromatic carbocycles. The van der Waals surface area contributed by atoms with Crippen molar-refractivity contribution in [2.45, 2.75) is 13.0 Å². The zero-order valence-electron chi connectivity index (χ0n) is 8.20. The van der Waals surface area contributed by atoms with E-state index >= 15 is 0 Å². The van der Waals surface area contributed by atoms with Crippen LogP contribution in [0.2, 0.25) is 0 Å². The number of halogens is 1. The molecule has 1 aromatic rings. The lowest BCUT2D eigenvalue weighted by Gasteiger charge is -2.11. The highest BCUT2D eigenvalue weighted by molar-refractivity contribution is 9.10. The molecular formula is C10H12BrNO3. The van der Waals surface area contributed by atoms with Crippen molar-refractivity contribution >= 4 is 21.8 Å². The third-order valence-corrected chi connectivity index (χ3v) is 2.35. The van der Waals surface area contributed by atoms with Crippen molar-refractivity contribution < 1.29 is 15.0 Å². The standard InChI is InChI=1S/C10H12BrNO3/c1-6(5-13)12-10(15)8-3-2-7(11)4-9(8)14/h2-4,6,13-14H,5H2,1H3,(H,12,15)/t6-/m1/s1. The van der Waals surface area contributed by atoms with E-state index in [1.54, 1.807) is 13.0 Å². The van der Waals surface area contributed by atoms with Crippen LogP contribution in [0.5, 0.6) is 5.75 Å². The lowest BCUT2D eigenvalue weighted by molar-refractivity contribution is 0.0919. The van der Waals surface area contributed by atoms with Gasteiger partial charge in [-0.05, 0) is 25.1 Å². The predicted molar refractivity (Wildman–Crippen MR) is 59.8 cm³/mol. The Balaban J connectivity index is 2.82. The molecule has 0 bridgehead atoms. The molecular weight excluding hydrogens is 262 g/mol. The summed E-state index contributed by atoms with van der Waals surface area (Å²) in [7, 11) is 0. The molecule has 0 radical (unpaired) electrons. The minimum atomic E-state index is -0.401. The van der Waals surface area contributed by atoms with E-state index in [0.29, 0.717) is 4.47 Å². The number of hydrogen-bond donors (Lipinski definition) is 3. The third-order valence-electron chi connectivity index (χ3n) is 1.86. The van der Waals surface area contributed by atoms with Crippen molar-refractivity contribution in [3.8, 4) is 5.75 Å². The highest BCUT2D eigenvalue weighted by Gasteiger charge is 2.12. The molecule has 1 atom stereocenters. The summed E-state index contributed by atoms with van der Waals surface area (Å²) in [5, 5.41) is 20.8. The topological polar surface area (TPSA) is 69.6 Å². The molecule has 1 amide bonds. The van der Waals surface area contributed by atoms with E-state index in [9.17, 15) is 9.90 Å². The third kappa shape index (κ3) is 3.21. The number of aliphatic hydroxyl groups excluding tert-OH is 1. The van der Waals surface area contributed by atoms with E-state index in [0.717, 1.165) is 0 Å². The second kappa shape index (κ2) is 5.14. The first-order valence-electron chi connectivity index (χ1n) is 4.45. The van der Waals surface area contributed by atoms with E-state index in [2.05, 4.69) is 21.2 Å². The summed E-state index contributed by atoms with van der Waals surface area (Å²) in [6.45, 7) is 1.54. The molecule has 1 rings (SSSR count). The molecule has 0 aliphatic heterocycles. The van der Waals surface area contributed by atoms with Crippen molar-refractivity contribution in [3.05, 3.63) is 28.2 Å². The van der Waals surface area contributed by atoms with Gasteiger partial charge in [0.2, 0.25) is 0 Å². The Bertz CT molecular complexity index is 368. The summed E-state index contributed by atoms with van der Waals surface area (Å²) >= 11 is 3.18. The number of aromatic hydroxyl groups is 1. The van der Waals surface area contributed by atoms with Gasteiger partial charge in [0.15, 0.2) is 0 Å². The lowest BCUT2D eigenvalue weighted by atomic mass is 10.2. The van der Waals surface area contributed by atoms with Gasteiger partial charge in [0.05, 0.1) is 12.2 Å². The maximum Gasteiger partial charge on any atom is 0.255 e. The summed E-state index contributed by atoms with van der Waals surface area (Å²) in [4.78, 5) is 11.5. The Hall–Kier alpha value is -1.07. The maximum absolute atomic E-state index is 11.5. The van der Waals surface area contributed by atoms with E-state index < -0.39 is 5.91 Å². The first-order valence-corrected chi connectivity index (χ1v) is 5.24. The highest BCUT2D eigenvalue weighted by atomic mass is 79.9. The molecule has 3 N–H and O–H groups in total. The van der Waals surface area contributed by atoms with Crippen LogP contribution in [0.25, 0.3) is 0 Å². The van der Waals surface area contributed by atoms with Gasteiger partial charge in [-0.1, -0.05) is 15.9 Å². The molecule has 0 saturated heterocycles. The van der Waals surface area contributed by atoms with Gasteiger partial charge < -0.3 is 15.5 Å². The number of phenols is 1. The molecule has 0 aliphatic rings. The average Bonchev–Trinajstić information content (AvgIpc) is 2.17. The second-order valence-electron chi connectivity index (χ2n) is 3.22. The van der Waals surface area contributed by atoms with Gasteiger partial charge in [-0.15, -0.1) is 0 Å². The molecule has 5 heteroatoms. The lowest BCUT2D eigenvalue weighted by Crippen LogP contribution is -2.34. The fourth-order valence-corrected chi connectivity index (χ4v) is 1.39. The summed E-state index contributed by atoms with van der Waals surface area (Å²) in [6, 6.07) is 4.29. The Morgan fingerprint density at radius 2 is 2.27 bits per heavy atom. The number of amides is 1. The van der Waals surface area contributed by atoms with Gasteiger partial charge in [0.25, 0.3) is 5.91 Å². The number of carbonyl (C=O) groups excluding carboxylic acids is 1. The Morgan fingerprint density at radius 1 is 1.60 bits per heavy atom. The Morgan fingerprint density at radius 3 is 2.80 bits per heavy atom. The average molecular weight is 274 g/mol. The molecule has 15 heavy (non-hydrogen) atoms. The summed E-state index contributed by atoms with van der Waals surface area (Å²) in [5.74, 6) is -0.492. The number of rotatable bonds is 3. The maximum atomic E-state index is 11.5. The van der Waals surface area contributed by atoms with Crippen LogP contribution in [-0.4, -0.2) is 28.8 Å². The monoisotopic (exact) mass is 273 g/mol. The van der Waals surface area contributed by atoms with Crippen molar-refractivity contribution in [2.75, 3.05) is 6.61 Å². The number of benzene rings is 1. The van der Waals surface area contributed by atoms with Gasteiger partial charge in [0, 0.05) is 10.5 Å². The van der Waals surface area contributed by atoms with E-state index in [1.807, 2.05) is 0 Å². The van der Waals surface area contributed by atoms with Gasteiger partial charge in [0.1, 0.15) is 5.75 Å². The zero-order valence-corrected chi connectivity index (χ0v) is 9.78. The smallest absolute Gasteiger partial charge is 0.255 e. The summed E-state index contributed by atoms with van der Waals surface area (Å²) in [5.41, 5.74) is 0.193. The van der Waals surface area contributed by atoms with Crippen molar-refractivity contribution in [1.82, 2.24) is 5.32 Å². The molecule has 0 heterocycles. The zero-order chi connectivity index (χ0) is 11.4. The predicted octanol–water partition coefficient (Wildman–Crippen LogP) is 1.27. The number of phenolic OH excluding ortho intramolecular Hbond substituents is 1. The van der Waals surface area contributed by atoms with Crippen LogP contribution in [0.3, 0.4) is 0 Å². The van der Waals surface area contributed by atoms with Crippen LogP contribution in [0.4, 0.5) is 0 Å². The molecule has 82 valence electrons. The normalized spacial score (nSPS) is 12.2. The SMILES string of the molecule is C[C@H](CO)NC(=O)c1ccc(Br)cc1O. The van der Waals surface area contributed by atoms with Crippen LogP contribution >= 0.6 is 15.9 Å². The van der Waals surface area contributed by atoms with E-state index in [4.69, 9.17) is 5.11 Å². The van der Waals surface area contributed by atoms with Gasteiger partial charge in [-0.2, -0.15) is 0 Å². The van der Waals surface area contributed by atoms with Crippen LogP contribution < -0.4 is 5.32 Å². The van der Waals surface area contributed by atoms with Crippen LogP contribution in [0, 0.1) is 0 Å². The summed E-state index contributed by atoms with van der Waals surface area (Å²) < 4.78 is 0.701. The quantitative estimate of drug-likeness (QED) is 0.777. The molecule has 0 spiro atoms. The number of carbonyl (C=O) groups is 1. The van der Waals surface area contributed by atoms with Crippen molar-refractivity contribution in [2.24, 2.45) is 0 Å². The summed E-state index contributed by atoms with van der Waals surface area (Å²) in [6.07, 6.45) is 0. The number of nitrogens with one attached hydrogen (secondary N) is 1. The molecule has 0 aliphatic carbocycles. The van der Waals surface area contributed by atoms with Crippen LogP contribution in [-0.2, 0) is 0 Å². The highest BCUT2D eigenvalue weighted by Crippen LogP contribution is 2.22. The molecule has 4 nitrogen and oxygen atoms in total. The Kier molecular flexibility index (Phi) is 4.11. The van der Waals surface area contributed by atoms with Gasteiger partial charge in [-0.25, -0.2) is 0 Å². The Labute approximate surface area is 96.1 Å². The minimum Gasteiger partial charge on any atom is -0.507 e. The fourth-order valence-electron chi connectivity index (χ4n) is 1.04. The molecule has 0 aromatic heterocycles. The van der Waals surface area contributed by atoms with Crippen LogP contribution in [0.15, 0.2) is 22.7 Å². The fraction of sp³-hybridized carbons (Fsp3) is 0.300. The first kappa shape index (κ1) is 12.0. The van der Waals surface area contributed by atoms with Crippen molar-refractivity contribution in [1.29, 1.82) is 0 Å². The van der Waals surface area contributed by atoms with E-state index in [1.165, 1.54) is 12.1 Å². The van der Waals surface area contributed by atoms with E-state index in [-0.39, 0.29) is 24.0 Å². The number of hydrogen-bond acceptors (Lipinski definition) is 3. The van der Waals surface area contributed by atoms with Crippen LogP contribution in [0.1, 0.15) is 17.3 Å². The molecule has 0 saturated carbocycles. The van der Waals surface area contributed by atoms with Crippen molar-refractivity contribution in [3.63, 3.8) is 0 Å². The largest absolute Gasteiger partial charge is 0.507 e.